The number of hydrogen-bond donors (Lipinski definition) is 11. The number of nitrogens with zero attached hydrogens (tertiary/aromatic N) is 4. The number of carbonyl (C=O) groups is 15. The van der Waals surface area contributed by atoms with Crippen molar-refractivity contribution >= 4 is 88.7 Å². The highest BCUT2D eigenvalue weighted by atomic mass is 16.6. The molecule has 0 aromatic heterocycles. The number of carbonyl (C=O) groups excluding carboxylic acids is 13. The molecule has 2 atom stereocenters. The van der Waals surface area contributed by atoms with Gasteiger partial charge in [0.15, 0.2) is 0 Å². The third-order valence-electron chi connectivity index (χ3n) is 19.6. The van der Waals surface area contributed by atoms with Crippen LogP contribution < -0.4 is 47.9 Å². The zero-order chi connectivity index (χ0) is 103. The van der Waals surface area contributed by atoms with Gasteiger partial charge in [-0.25, -0.2) is 4.79 Å². The highest BCUT2D eigenvalue weighted by Gasteiger charge is 2.27. The summed E-state index contributed by atoms with van der Waals surface area (Å²) >= 11 is 0. The molecular formula is C92H147N13O38. The minimum atomic E-state index is -1.28. The number of benzene rings is 2. The fourth-order valence-corrected chi connectivity index (χ4v) is 12.2. The van der Waals surface area contributed by atoms with E-state index in [2.05, 4.69) is 47.9 Å². The smallest absolute Gasteiger partial charge is 0.329 e. The Morgan fingerprint density at radius 2 is 0.629 bits per heavy atom. The number of aliphatic carboxylic acids is 2. The van der Waals surface area contributed by atoms with Crippen LogP contribution in [0.15, 0.2) is 72.8 Å². The lowest BCUT2D eigenvalue weighted by Gasteiger charge is -2.27. The average Bonchev–Trinajstić information content (AvgIpc) is 1.86. The van der Waals surface area contributed by atoms with E-state index >= 15 is 0 Å². The van der Waals surface area contributed by atoms with Crippen molar-refractivity contribution in [3.63, 3.8) is 0 Å². The molecule has 51 heteroatoms. The van der Waals surface area contributed by atoms with Crippen LogP contribution in [0.1, 0.15) is 30.4 Å². The number of hydrogen-bond acceptors (Lipinski definition) is 37. The Hall–Kier alpha value is -10.4. The quantitative estimate of drug-likeness (QED) is 0.0167. The molecule has 4 rings (SSSR count). The van der Waals surface area contributed by atoms with Gasteiger partial charge in [0, 0.05) is 77.1 Å². The zero-order valence-corrected chi connectivity index (χ0v) is 81.6. The van der Waals surface area contributed by atoms with Crippen LogP contribution in [0.4, 0.5) is 0 Å². The van der Waals surface area contributed by atoms with E-state index < -0.39 is 130 Å². The first-order valence-corrected chi connectivity index (χ1v) is 47.6. The molecule has 0 aliphatic carbocycles. The third kappa shape index (κ3) is 70.8. The summed E-state index contributed by atoms with van der Waals surface area (Å²) in [6.07, 6.45) is 2.40. The molecule has 1 saturated heterocycles. The second-order valence-electron chi connectivity index (χ2n) is 30.7. The van der Waals surface area contributed by atoms with Crippen LogP contribution in [0.25, 0.3) is 0 Å². The Labute approximate surface area is 831 Å². The molecule has 0 bridgehead atoms. The zero-order valence-electron chi connectivity index (χ0n) is 81.6. The maximum Gasteiger partial charge on any atom is 0.329 e. The molecule has 808 valence electrons. The molecule has 0 unspecified atom stereocenters. The average molecular weight is 2040 g/mol. The highest BCUT2D eigenvalue weighted by Crippen LogP contribution is 2.09. The van der Waals surface area contributed by atoms with Gasteiger partial charge in [-0.05, 0) is 11.1 Å². The van der Waals surface area contributed by atoms with Gasteiger partial charge in [-0.15, -0.1) is 0 Å². The van der Waals surface area contributed by atoms with Crippen LogP contribution in [0.5, 0.6) is 0 Å². The van der Waals surface area contributed by atoms with E-state index in [1.807, 2.05) is 4.90 Å². The first-order valence-electron chi connectivity index (χ1n) is 47.6. The monoisotopic (exact) mass is 2040 g/mol. The van der Waals surface area contributed by atoms with Crippen LogP contribution in [0.3, 0.4) is 0 Å². The highest BCUT2D eigenvalue weighted by molar-refractivity contribution is 6.12. The van der Waals surface area contributed by atoms with Crippen molar-refractivity contribution in [2.75, 3.05) is 369 Å². The normalized spacial score (nSPS) is 14.9. The fourth-order valence-electron chi connectivity index (χ4n) is 12.2. The SMILES string of the molecule is O=C(O)CNC(=O)[C@H](Cc1ccccc1)NC(=O)CNC(=O)CNC(=O)CCOCCOCCN(CCOCCOCCC(=O)NCC(=O)NCC(=O)N[C@@H](Cc1ccccc1)C(=O)NCC(=O)NCOCC(=O)O)C(=O)CN1CCOCCOCCOCCOCCN(C(=O)CCOCCOCCOCCOCCOCCOCCOCCOCCN2C(=O)C=CC2=O)CCOCCOCCOCCOCC1. The Kier molecular flexibility index (Phi) is 75.0. The Morgan fingerprint density at radius 3 is 1.00 bits per heavy atom. The molecule has 143 heavy (non-hydrogen) atoms. The molecule has 0 saturated carbocycles. The lowest BCUT2D eigenvalue weighted by atomic mass is 10.1. The van der Waals surface area contributed by atoms with E-state index in [9.17, 15) is 71.9 Å². The number of ether oxygens (including phenoxy) is 21. The van der Waals surface area contributed by atoms with Gasteiger partial charge in [-0.1, -0.05) is 60.7 Å². The van der Waals surface area contributed by atoms with Crippen LogP contribution >= 0.6 is 0 Å². The van der Waals surface area contributed by atoms with E-state index in [4.69, 9.17) is 110 Å². The maximum atomic E-state index is 14.3. The summed E-state index contributed by atoms with van der Waals surface area (Å²) < 4.78 is 118. The largest absolute Gasteiger partial charge is 0.480 e. The van der Waals surface area contributed by atoms with Crippen molar-refractivity contribution in [2.24, 2.45) is 0 Å². The molecule has 13 amide bonds. The first kappa shape index (κ1) is 125. The first-order chi connectivity index (χ1) is 69.6. The van der Waals surface area contributed by atoms with Gasteiger partial charge in [-0.2, -0.15) is 0 Å². The van der Waals surface area contributed by atoms with Crippen LogP contribution in [0, 0.1) is 0 Å². The lowest BCUT2D eigenvalue weighted by Crippen LogP contribution is -2.52. The van der Waals surface area contributed by atoms with Crippen molar-refractivity contribution in [3.05, 3.63) is 83.9 Å². The summed E-state index contributed by atoms with van der Waals surface area (Å²) in [5, 5.41) is 39.3. The number of amides is 13. The molecule has 1 fully saturated rings. The summed E-state index contributed by atoms with van der Waals surface area (Å²) in [5.41, 5.74) is 1.36. The van der Waals surface area contributed by atoms with Gasteiger partial charge in [0.05, 0.1) is 317 Å². The van der Waals surface area contributed by atoms with Crippen LogP contribution in [-0.2, 0) is 184 Å². The van der Waals surface area contributed by atoms with Gasteiger partial charge in [0.2, 0.25) is 65.0 Å². The Bertz CT molecular complexity index is 3830. The van der Waals surface area contributed by atoms with Gasteiger partial charge in [0.25, 0.3) is 11.8 Å². The molecular weight excluding hydrogens is 1900 g/mol. The van der Waals surface area contributed by atoms with Crippen molar-refractivity contribution in [3.8, 4) is 0 Å². The predicted octanol–water partition coefficient (Wildman–Crippen LogP) is -6.20. The minimum Gasteiger partial charge on any atom is -0.480 e. The van der Waals surface area contributed by atoms with Crippen molar-refractivity contribution < 1.29 is 182 Å². The van der Waals surface area contributed by atoms with Gasteiger partial charge >= 0.3 is 11.9 Å². The van der Waals surface area contributed by atoms with Crippen LogP contribution in [0.2, 0.25) is 0 Å². The molecule has 2 aliphatic rings. The number of carboxylic acid groups (broad SMARTS) is 2. The molecule has 2 aromatic rings. The van der Waals surface area contributed by atoms with Crippen LogP contribution in [-0.4, -0.2) is 500 Å². The topological polar surface area (TPSA) is 612 Å². The van der Waals surface area contributed by atoms with E-state index in [-0.39, 0.29) is 254 Å². The summed E-state index contributed by atoms with van der Waals surface area (Å²) in [4.78, 5) is 193. The standard InChI is InChI=1S/C92H147N13O38/c106-78(93-65-80(108)95-68-83(111)100-76(63-74-7-3-1-4-8-74)91(121)97-67-82(110)99-73-143-72-90(119)120)13-23-123-33-36-130-30-20-104(21-31-131-37-34-124-24-14-79(107)94-66-81(109)96-69-84(112)101-77(92(122)98-70-89(117)118)64-75-9-5-2-6-10-75)88(116)71-102-16-26-126-38-44-134-50-52-136-46-40-128-28-18-103(19-29-129-41-47-137-53-51-135-45-39-127-27-17-102)85(113)15-25-125-35-43-133-49-55-139-57-59-141-61-62-142-60-58-140-56-54-138-48-42-132-32-22-105-86(114)11-12-87(105)115/h1-12,76-77H,13-73H2,(H,93,106)(H,94,107)(H,95,108)(H,96,109)(H,97,121)(H,98,122)(H,99,110)(H,100,111)(H,101,112)(H,117,118)(H,119,120)/t76-,77-/m0/s1. The predicted molar refractivity (Wildman–Crippen MR) is 502 cm³/mol. The third-order valence-corrected chi connectivity index (χ3v) is 19.6. The molecule has 0 spiro atoms. The molecule has 51 nitrogen and oxygen atoms in total. The molecule has 11 N–H and O–H groups in total. The summed E-state index contributed by atoms with van der Waals surface area (Å²) in [6.45, 7) is 7.52. The fraction of sp³-hybridized carbons (Fsp3) is 0.685. The van der Waals surface area contributed by atoms with E-state index in [1.54, 1.807) is 70.5 Å². The number of carboxylic acids is 2. The number of rotatable bonds is 71. The van der Waals surface area contributed by atoms with E-state index in [0.717, 1.165) is 4.90 Å². The van der Waals surface area contributed by atoms with Gasteiger partial charge < -0.3 is 167 Å². The molecule has 2 heterocycles. The summed E-state index contributed by atoms with van der Waals surface area (Å²) in [5.74, 6) is -9.72. The number of imide groups is 1. The Morgan fingerprint density at radius 1 is 0.322 bits per heavy atom. The van der Waals surface area contributed by atoms with Crippen molar-refractivity contribution in [1.82, 2.24) is 67.5 Å². The second kappa shape index (κ2) is 85.9. The Balaban J connectivity index is 1.15. The minimum absolute atomic E-state index is 0.0238. The molecule has 2 aliphatic heterocycles. The van der Waals surface area contributed by atoms with Gasteiger partial charge in [0.1, 0.15) is 32.0 Å². The second-order valence-corrected chi connectivity index (χ2v) is 30.7. The van der Waals surface area contributed by atoms with Gasteiger partial charge in [-0.3, -0.25) is 76.9 Å². The molecule has 0 radical (unpaired) electrons. The molecule has 2 aromatic carbocycles. The van der Waals surface area contributed by atoms with Crippen molar-refractivity contribution in [2.45, 2.75) is 44.2 Å². The summed E-state index contributed by atoms with van der Waals surface area (Å²) in [6, 6.07) is 15.0. The van der Waals surface area contributed by atoms with E-state index in [1.165, 1.54) is 12.2 Å². The maximum absolute atomic E-state index is 14.3. The van der Waals surface area contributed by atoms with E-state index in [0.29, 0.717) is 130 Å². The number of nitrogens with one attached hydrogen (secondary N) is 9. The lowest BCUT2D eigenvalue weighted by molar-refractivity contribution is -0.143. The van der Waals surface area contributed by atoms with Crippen molar-refractivity contribution in [1.29, 1.82) is 0 Å². The summed E-state index contributed by atoms with van der Waals surface area (Å²) in [7, 11) is 0.